The van der Waals surface area contributed by atoms with Gasteiger partial charge in [0, 0.05) is 31.4 Å². The Morgan fingerprint density at radius 2 is 1.41 bits per heavy atom. The van der Waals surface area contributed by atoms with Crippen molar-refractivity contribution in [2.75, 3.05) is 24.8 Å². The first-order valence-electron chi connectivity index (χ1n) is 5.99. The van der Waals surface area contributed by atoms with Gasteiger partial charge in [0.15, 0.2) is 0 Å². The van der Waals surface area contributed by atoms with Crippen LogP contribution in [0.2, 0.25) is 0 Å². The van der Waals surface area contributed by atoms with E-state index >= 15 is 0 Å². The van der Waals surface area contributed by atoms with E-state index in [0.717, 1.165) is 19.6 Å². The van der Waals surface area contributed by atoms with Gasteiger partial charge in [-0.1, -0.05) is 12.1 Å². The zero-order chi connectivity index (χ0) is 12.8. The summed E-state index contributed by atoms with van der Waals surface area (Å²) < 4.78 is 0. The molecular weight excluding hydrogens is 253 g/mol. The van der Waals surface area contributed by atoms with Crippen LogP contribution in [0.4, 0.5) is 0 Å². The Morgan fingerprint density at radius 1 is 0.882 bits per heavy atom. The molecule has 0 N–H and O–H groups in total. The molecule has 96 valence electrons. The van der Waals surface area contributed by atoms with Gasteiger partial charge in [-0.2, -0.15) is 0 Å². The molecule has 0 heterocycles. The van der Waals surface area contributed by atoms with Gasteiger partial charge in [0.1, 0.15) is 0 Å². The molecule has 0 fully saturated rings. The minimum atomic E-state index is 0.654. The Morgan fingerprint density at radius 3 is 1.94 bits per heavy atom. The number of hydrogen-bond acceptors (Lipinski definition) is 1. The number of hydrogen-bond donors (Lipinski definition) is 0. The van der Waals surface area contributed by atoms with E-state index in [0.29, 0.717) is 11.8 Å². The van der Waals surface area contributed by atoms with Gasteiger partial charge in [-0.15, -0.1) is 23.2 Å². The number of nitrogens with zero attached hydrogens (tertiary/aromatic N) is 1. The quantitative estimate of drug-likeness (QED) is 0.711. The van der Waals surface area contributed by atoms with Gasteiger partial charge in [-0.3, -0.25) is 4.90 Å². The number of aryl methyl sites for hydroxylation is 3. The Kier molecular flexibility index (Phi) is 6.32. The summed E-state index contributed by atoms with van der Waals surface area (Å²) in [5.41, 5.74) is 5.43. The summed E-state index contributed by atoms with van der Waals surface area (Å²) in [5.74, 6) is 1.31. The van der Waals surface area contributed by atoms with Gasteiger partial charge in [-0.25, -0.2) is 0 Å². The van der Waals surface area contributed by atoms with Crippen molar-refractivity contribution in [1.29, 1.82) is 0 Å². The molecule has 1 aromatic rings. The molecule has 0 aromatic heterocycles. The van der Waals surface area contributed by atoms with E-state index in [1.807, 2.05) is 0 Å². The first-order chi connectivity index (χ1) is 8.08. The first-order valence-corrected chi connectivity index (χ1v) is 7.06. The summed E-state index contributed by atoms with van der Waals surface area (Å²) >= 11 is 11.6. The average Bonchev–Trinajstić information content (AvgIpc) is 2.26. The van der Waals surface area contributed by atoms with Crippen LogP contribution in [-0.2, 0) is 6.54 Å². The van der Waals surface area contributed by atoms with Gasteiger partial charge in [0.05, 0.1) is 0 Å². The van der Waals surface area contributed by atoms with E-state index < -0.39 is 0 Å². The summed E-state index contributed by atoms with van der Waals surface area (Å²) in [7, 11) is 0. The Bertz CT molecular complexity index is 357. The van der Waals surface area contributed by atoms with E-state index in [4.69, 9.17) is 23.2 Å². The van der Waals surface area contributed by atoms with Crippen LogP contribution in [0.1, 0.15) is 22.3 Å². The zero-order valence-electron chi connectivity index (χ0n) is 10.9. The lowest BCUT2D eigenvalue weighted by molar-refractivity contribution is 0.299. The maximum Gasteiger partial charge on any atom is 0.0351 e. The van der Waals surface area contributed by atoms with Crippen molar-refractivity contribution in [3.8, 4) is 0 Å². The third-order valence-corrected chi connectivity index (χ3v) is 3.49. The van der Waals surface area contributed by atoms with Gasteiger partial charge >= 0.3 is 0 Å². The van der Waals surface area contributed by atoms with Crippen LogP contribution in [0, 0.1) is 20.8 Å². The lowest BCUT2D eigenvalue weighted by Gasteiger charge is -2.21. The van der Waals surface area contributed by atoms with Gasteiger partial charge in [0.25, 0.3) is 0 Å². The summed E-state index contributed by atoms with van der Waals surface area (Å²) in [6, 6.07) is 4.53. The number of rotatable bonds is 6. The molecule has 1 rings (SSSR count). The Labute approximate surface area is 115 Å². The minimum absolute atomic E-state index is 0.654. The lowest BCUT2D eigenvalue weighted by atomic mass is 10.0. The van der Waals surface area contributed by atoms with Gasteiger partial charge < -0.3 is 0 Å². The van der Waals surface area contributed by atoms with Gasteiger partial charge in [0.2, 0.25) is 0 Å². The molecule has 1 aromatic carbocycles. The molecule has 1 nitrogen and oxygen atoms in total. The molecule has 0 amide bonds. The Hall–Kier alpha value is -0.240. The van der Waals surface area contributed by atoms with Crippen LogP contribution in [0.3, 0.4) is 0 Å². The lowest BCUT2D eigenvalue weighted by Crippen LogP contribution is -2.27. The molecule has 0 radical (unpaired) electrons. The molecule has 0 aliphatic rings. The Balaban J connectivity index is 2.81. The number of benzene rings is 1. The standard InChI is InChI=1S/C14H21Cl2N/c1-11-8-13(3)14(9-12(11)2)10-17(6-4-15)7-5-16/h8-9H,4-7,10H2,1-3H3. The highest BCUT2D eigenvalue weighted by Crippen LogP contribution is 2.17. The highest BCUT2D eigenvalue weighted by Gasteiger charge is 2.08. The molecule has 0 unspecified atom stereocenters. The third kappa shape index (κ3) is 4.50. The minimum Gasteiger partial charge on any atom is -0.297 e. The fourth-order valence-corrected chi connectivity index (χ4v) is 2.42. The number of halogens is 2. The molecule has 0 aliphatic carbocycles. The molecule has 0 bridgehead atoms. The summed E-state index contributed by atoms with van der Waals surface area (Å²) in [5, 5.41) is 0. The van der Waals surface area contributed by atoms with Crippen molar-refractivity contribution in [3.05, 3.63) is 34.4 Å². The molecule has 0 saturated heterocycles. The smallest absolute Gasteiger partial charge is 0.0351 e. The predicted molar refractivity (Wildman–Crippen MR) is 77.4 cm³/mol. The topological polar surface area (TPSA) is 3.24 Å². The van der Waals surface area contributed by atoms with E-state index in [1.165, 1.54) is 22.3 Å². The molecular formula is C14H21Cl2N. The molecule has 0 atom stereocenters. The van der Waals surface area contributed by atoms with E-state index in [9.17, 15) is 0 Å². The van der Waals surface area contributed by atoms with Crippen LogP contribution in [0.25, 0.3) is 0 Å². The summed E-state index contributed by atoms with van der Waals surface area (Å²) in [6.07, 6.45) is 0. The first kappa shape index (κ1) is 14.8. The third-order valence-electron chi connectivity index (χ3n) is 3.15. The zero-order valence-corrected chi connectivity index (χ0v) is 12.4. The van der Waals surface area contributed by atoms with E-state index in [-0.39, 0.29) is 0 Å². The van der Waals surface area contributed by atoms with Crippen molar-refractivity contribution in [1.82, 2.24) is 4.90 Å². The highest BCUT2D eigenvalue weighted by molar-refractivity contribution is 6.18. The van der Waals surface area contributed by atoms with Crippen molar-refractivity contribution in [2.24, 2.45) is 0 Å². The van der Waals surface area contributed by atoms with Crippen LogP contribution in [0.5, 0.6) is 0 Å². The van der Waals surface area contributed by atoms with Crippen LogP contribution in [0.15, 0.2) is 12.1 Å². The van der Waals surface area contributed by atoms with Crippen molar-refractivity contribution in [3.63, 3.8) is 0 Å². The maximum absolute atomic E-state index is 5.81. The van der Waals surface area contributed by atoms with Crippen LogP contribution >= 0.6 is 23.2 Å². The van der Waals surface area contributed by atoms with Crippen LogP contribution in [-0.4, -0.2) is 29.7 Å². The second-order valence-corrected chi connectivity index (χ2v) is 5.27. The summed E-state index contributed by atoms with van der Waals surface area (Å²) in [6.45, 7) is 9.20. The fourth-order valence-electron chi connectivity index (χ4n) is 1.94. The summed E-state index contributed by atoms with van der Waals surface area (Å²) in [4.78, 5) is 2.30. The SMILES string of the molecule is Cc1cc(C)c(CN(CCCl)CCCl)cc1C. The second kappa shape index (κ2) is 7.25. The van der Waals surface area contributed by atoms with E-state index in [2.05, 4.69) is 37.8 Å². The molecule has 0 aliphatic heterocycles. The van der Waals surface area contributed by atoms with Crippen molar-refractivity contribution >= 4 is 23.2 Å². The molecule has 3 heteroatoms. The number of alkyl halides is 2. The van der Waals surface area contributed by atoms with E-state index in [1.54, 1.807) is 0 Å². The molecule has 17 heavy (non-hydrogen) atoms. The molecule has 0 saturated carbocycles. The second-order valence-electron chi connectivity index (χ2n) is 4.52. The highest BCUT2D eigenvalue weighted by atomic mass is 35.5. The van der Waals surface area contributed by atoms with Gasteiger partial charge in [-0.05, 0) is 43.0 Å². The average molecular weight is 274 g/mol. The van der Waals surface area contributed by atoms with Crippen molar-refractivity contribution in [2.45, 2.75) is 27.3 Å². The molecule has 0 spiro atoms. The largest absolute Gasteiger partial charge is 0.297 e. The normalized spacial score (nSPS) is 11.2. The monoisotopic (exact) mass is 273 g/mol. The maximum atomic E-state index is 5.81. The fraction of sp³-hybridized carbons (Fsp3) is 0.571. The van der Waals surface area contributed by atoms with Crippen molar-refractivity contribution < 1.29 is 0 Å². The van der Waals surface area contributed by atoms with Crippen LogP contribution < -0.4 is 0 Å². The predicted octanol–water partition coefficient (Wildman–Crippen LogP) is 3.89.